The zero-order valence-corrected chi connectivity index (χ0v) is 12.2. The van der Waals surface area contributed by atoms with Crippen molar-refractivity contribution < 1.29 is 13.3 Å². The van der Waals surface area contributed by atoms with Crippen LogP contribution in [0.2, 0.25) is 0 Å². The molecule has 2 rings (SSSR count). The van der Waals surface area contributed by atoms with Crippen LogP contribution in [0.4, 0.5) is 11.4 Å². The number of hydrogen-bond acceptors (Lipinski definition) is 6. The summed E-state index contributed by atoms with van der Waals surface area (Å²) in [5.74, 6) is 2.32. The van der Waals surface area contributed by atoms with Crippen LogP contribution in [-0.4, -0.2) is 31.4 Å². The first kappa shape index (κ1) is 15.1. The van der Waals surface area contributed by atoms with Gasteiger partial charge in [0.2, 0.25) is 10.0 Å². The summed E-state index contributed by atoms with van der Waals surface area (Å²) in [6, 6.07) is 3.36. The molecule has 1 aromatic carbocycles. The zero-order valence-electron chi connectivity index (χ0n) is 10.6. The lowest BCUT2D eigenvalue weighted by atomic mass is 10.1. The number of hydrogen-bond donors (Lipinski definition) is 2. The highest BCUT2D eigenvalue weighted by Gasteiger charge is 2.22. The van der Waals surface area contributed by atoms with E-state index in [1.807, 2.05) is 0 Å². The van der Waals surface area contributed by atoms with Gasteiger partial charge in [0.15, 0.2) is 0 Å². The Morgan fingerprint density at radius 1 is 1.50 bits per heavy atom. The summed E-state index contributed by atoms with van der Waals surface area (Å²) in [6.07, 6.45) is 0.989. The van der Waals surface area contributed by atoms with Crippen molar-refractivity contribution in [2.45, 2.75) is 11.3 Å². The van der Waals surface area contributed by atoms with Crippen LogP contribution in [-0.2, 0) is 10.0 Å². The van der Waals surface area contributed by atoms with E-state index < -0.39 is 14.9 Å². The fourth-order valence-electron chi connectivity index (χ4n) is 1.94. The van der Waals surface area contributed by atoms with E-state index in [0.29, 0.717) is 12.5 Å². The molecule has 20 heavy (non-hydrogen) atoms. The highest BCUT2D eigenvalue weighted by atomic mass is 32.2. The van der Waals surface area contributed by atoms with Crippen molar-refractivity contribution in [2.24, 2.45) is 5.92 Å². The number of rotatable bonds is 5. The summed E-state index contributed by atoms with van der Waals surface area (Å²) < 4.78 is 26.8. The molecule has 0 aromatic heterocycles. The van der Waals surface area contributed by atoms with Crippen LogP contribution in [0.25, 0.3) is 0 Å². The number of sulfonamides is 1. The number of benzene rings is 1. The van der Waals surface area contributed by atoms with Gasteiger partial charge in [0.1, 0.15) is 4.90 Å². The van der Waals surface area contributed by atoms with Crippen LogP contribution >= 0.6 is 11.8 Å². The van der Waals surface area contributed by atoms with Crippen LogP contribution in [0.15, 0.2) is 23.1 Å². The van der Waals surface area contributed by atoms with E-state index in [9.17, 15) is 18.5 Å². The zero-order chi connectivity index (χ0) is 14.8. The number of anilines is 1. The van der Waals surface area contributed by atoms with Gasteiger partial charge in [0.25, 0.3) is 5.69 Å². The molecule has 1 atom stereocenters. The first-order chi connectivity index (χ1) is 9.40. The van der Waals surface area contributed by atoms with Crippen LogP contribution in [0.3, 0.4) is 0 Å². The van der Waals surface area contributed by atoms with Gasteiger partial charge in [-0.3, -0.25) is 10.1 Å². The van der Waals surface area contributed by atoms with Crippen molar-refractivity contribution >= 4 is 33.2 Å². The van der Waals surface area contributed by atoms with Crippen LogP contribution in [0.1, 0.15) is 6.42 Å². The average Bonchev–Trinajstić information content (AvgIpc) is 2.89. The Hall–Kier alpha value is -1.32. The van der Waals surface area contributed by atoms with Gasteiger partial charge in [-0.15, -0.1) is 0 Å². The van der Waals surface area contributed by atoms with Crippen molar-refractivity contribution in [3.63, 3.8) is 0 Å². The van der Waals surface area contributed by atoms with E-state index in [-0.39, 0.29) is 16.3 Å². The summed E-state index contributed by atoms with van der Waals surface area (Å²) >= 11 is 1.80. The fourth-order valence-corrected chi connectivity index (χ4v) is 4.46. The van der Waals surface area contributed by atoms with E-state index in [0.717, 1.165) is 30.1 Å². The van der Waals surface area contributed by atoms with Crippen molar-refractivity contribution in [3.8, 4) is 0 Å². The number of nitro benzene ring substituents is 1. The molecule has 0 spiro atoms. The molecule has 110 valence electrons. The largest absolute Gasteiger partial charge is 0.397 e. The Morgan fingerprint density at radius 2 is 2.25 bits per heavy atom. The standard InChI is InChI=1S/C11H15N3O4S2/c12-10-5-9(14(15)16)1-2-11(10)20(17,18)13-6-8-3-4-19-7-8/h1-2,5,8,13H,3-4,6-7,12H2. The van der Waals surface area contributed by atoms with E-state index in [1.54, 1.807) is 11.8 Å². The third kappa shape index (κ3) is 3.41. The Morgan fingerprint density at radius 3 is 2.80 bits per heavy atom. The lowest BCUT2D eigenvalue weighted by molar-refractivity contribution is -0.384. The molecule has 1 aliphatic rings. The number of nitrogens with zero attached hydrogens (tertiary/aromatic N) is 1. The number of thioether (sulfide) groups is 1. The molecule has 0 aliphatic carbocycles. The van der Waals surface area contributed by atoms with Crippen molar-refractivity contribution in [1.82, 2.24) is 4.72 Å². The number of nitrogens with two attached hydrogens (primary N) is 1. The normalized spacial score (nSPS) is 19.1. The van der Waals surface area contributed by atoms with Crippen molar-refractivity contribution in [2.75, 3.05) is 23.8 Å². The molecule has 1 aromatic rings. The molecule has 0 radical (unpaired) electrons. The van der Waals surface area contributed by atoms with E-state index >= 15 is 0 Å². The van der Waals surface area contributed by atoms with Gasteiger partial charge in [-0.05, 0) is 29.9 Å². The van der Waals surface area contributed by atoms with Gasteiger partial charge in [-0.25, -0.2) is 13.1 Å². The summed E-state index contributed by atoms with van der Waals surface area (Å²) in [7, 11) is -3.73. The van der Waals surface area contributed by atoms with Crippen molar-refractivity contribution in [1.29, 1.82) is 0 Å². The van der Waals surface area contributed by atoms with E-state index in [2.05, 4.69) is 4.72 Å². The van der Waals surface area contributed by atoms with Crippen LogP contribution < -0.4 is 10.5 Å². The molecule has 0 amide bonds. The minimum Gasteiger partial charge on any atom is -0.397 e. The summed E-state index contributed by atoms with van der Waals surface area (Å²) in [5, 5.41) is 10.6. The second kappa shape index (κ2) is 5.98. The quantitative estimate of drug-likeness (QED) is 0.479. The van der Waals surface area contributed by atoms with Gasteiger partial charge in [0.05, 0.1) is 10.6 Å². The number of nitrogens with one attached hydrogen (secondary N) is 1. The summed E-state index contributed by atoms with van der Waals surface area (Å²) in [6.45, 7) is 0.367. The van der Waals surface area contributed by atoms with Gasteiger partial charge >= 0.3 is 0 Å². The van der Waals surface area contributed by atoms with E-state index in [4.69, 9.17) is 5.73 Å². The smallest absolute Gasteiger partial charge is 0.271 e. The third-order valence-corrected chi connectivity index (χ3v) is 5.81. The van der Waals surface area contributed by atoms with E-state index in [1.165, 1.54) is 6.07 Å². The monoisotopic (exact) mass is 317 g/mol. The maximum atomic E-state index is 12.1. The summed E-state index contributed by atoms with van der Waals surface area (Å²) in [5.41, 5.74) is 5.26. The molecule has 1 unspecified atom stereocenters. The third-order valence-electron chi connectivity index (χ3n) is 3.08. The Bertz CT molecular complexity index is 612. The lowest BCUT2D eigenvalue weighted by Gasteiger charge is -2.12. The molecule has 1 fully saturated rings. The Kier molecular flexibility index (Phi) is 4.51. The molecule has 1 aliphatic heterocycles. The maximum absolute atomic E-state index is 12.1. The minimum absolute atomic E-state index is 0.117. The highest BCUT2D eigenvalue weighted by Crippen LogP contribution is 2.25. The van der Waals surface area contributed by atoms with Crippen LogP contribution in [0.5, 0.6) is 0 Å². The number of nitro groups is 1. The Balaban J connectivity index is 2.14. The predicted molar refractivity (Wildman–Crippen MR) is 78.1 cm³/mol. The van der Waals surface area contributed by atoms with Gasteiger partial charge in [-0.2, -0.15) is 11.8 Å². The molecular formula is C11H15N3O4S2. The Labute approximate surface area is 121 Å². The van der Waals surface area contributed by atoms with Gasteiger partial charge < -0.3 is 5.73 Å². The average molecular weight is 317 g/mol. The molecular weight excluding hydrogens is 302 g/mol. The second-order valence-corrected chi connectivity index (χ2v) is 7.45. The fraction of sp³-hybridized carbons (Fsp3) is 0.455. The lowest BCUT2D eigenvalue weighted by Crippen LogP contribution is -2.30. The molecule has 0 bridgehead atoms. The molecule has 3 N–H and O–H groups in total. The molecule has 1 heterocycles. The SMILES string of the molecule is Nc1cc([N+](=O)[O-])ccc1S(=O)(=O)NCC1CCSC1. The highest BCUT2D eigenvalue weighted by molar-refractivity contribution is 7.99. The predicted octanol–water partition coefficient (Wildman–Crippen LogP) is 1.21. The van der Waals surface area contributed by atoms with Gasteiger partial charge in [0, 0.05) is 18.7 Å². The van der Waals surface area contributed by atoms with Gasteiger partial charge in [-0.1, -0.05) is 0 Å². The van der Waals surface area contributed by atoms with Crippen LogP contribution in [0, 0.1) is 16.0 Å². The summed E-state index contributed by atoms with van der Waals surface area (Å²) in [4.78, 5) is 9.86. The number of non-ortho nitro benzene ring substituents is 1. The maximum Gasteiger partial charge on any atom is 0.271 e. The first-order valence-corrected chi connectivity index (χ1v) is 8.65. The molecule has 0 saturated carbocycles. The molecule has 1 saturated heterocycles. The first-order valence-electron chi connectivity index (χ1n) is 6.01. The molecule has 9 heteroatoms. The van der Waals surface area contributed by atoms with Crippen molar-refractivity contribution in [3.05, 3.63) is 28.3 Å². The number of nitrogen functional groups attached to an aromatic ring is 1. The minimum atomic E-state index is -3.73. The molecule has 7 nitrogen and oxygen atoms in total. The second-order valence-electron chi connectivity index (χ2n) is 4.56. The topological polar surface area (TPSA) is 115 Å².